The van der Waals surface area contributed by atoms with E-state index in [9.17, 15) is 4.79 Å². The molecule has 2 aromatic rings. The lowest BCUT2D eigenvalue weighted by molar-refractivity contribution is -0.116. The second-order valence-corrected chi connectivity index (χ2v) is 6.68. The van der Waals surface area contributed by atoms with E-state index in [-0.39, 0.29) is 5.91 Å². The van der Waals surface area contributed by atoms with Crippen molar-refractivity contribution in [3.8, 4) is 0 Å². The van der Waals surface area contributed by atoms with Crippen molar-refractivity contribution in [3.05, 3.63) is 46.4 Å². The minimum atomic E-state index is 0.0604. The van der Waals surface area contributed by atoms with Crippen LogP contribution < -0.4 is 11.1 Å². The Morgan fingerprint density at radius 2 is 1.90 bits per heavy atom. The Morgan fingerprint density at radius 1 is 1.15 bits per heavy atom. The smallest absolute Gasteiger partial charge is 0.224 e. The van der Waals surface area contributed by atoms with Crippen LogP contribution in [0.15, 0.2) is 50.7 Å². The first-order chi connectivity index (χ1) is 9.61. The number of halogens is 1. The molecular weight excluding hydrogens is 336 g/mol. The molecule has 0 bridgehead atoms. The molecule has 0 aromatic heterocycles. The van der Waals surface area contributed by atoms with Crippen LogP contribution in [0.3, 0.4) is 0 Å². The van der Waals surface area contributed by atoms with E-state index in [1.807, 2.05) is 18.2 Å². The molecule has 1 heterocycles. The molecule has 0 unspecified atom stereocenters. The maximum atomic E-state index is 11.4. The van der Waals surface area contributed by atoms with E-state index in [0.717, 1.165) is 31.9 Å². The number of anilines is 2. The van der Waals surface area contributed by atoms with Crippen molar-refractivity contribution >= 4 is 45.0 Å². The fraction of sp³-hybridized carbons (Fsp3) is 0.133. The first kappa shape index (κ1) is 13.5. The van der Waals surface area contributed by atoms with Gasteiger partial charge >= 0.3 is 0 Å². The quantitative estimate of drug-likeness (QED) is 0.804. The zero-order valence-electron chi connectivity index (χ0n) is 10.7. The highest BCUT2D eigenvalue weighted by atomic mass is 79.9. The van der Waals surface area contributed by atoms with E-state index in [1.165, 1.54) is 0 Å². The first-order valence-corrected chi connectivity index (χ1v) is 7.88. The van der Waals surface area contributed by atoms with Crippen molar-refractivity contribution in [2.45, 2.75) is 22.6 Å². The largest absolute Gasteiger partial charge is 0.398 e. The average Bonchev–Trinajstić information content (AvgIpc) is 2.42. The molecule has 1 aliphatic rings. The van der Waals surface area contributed by atoms with Crippen LogP contribution in [0.2, 0.25) is 0 Å². The summed E-state index contributed by atoms with van der Waals surface area (Å²) in [5.41, 5.74) is 8.78. The fourth-order valence-electron chi connectivity index (χ4n) is 2.14. The fourth-order valence-corrected chi connectivity index (χ4v) is 3.31. The van der Waals surface area contributed by atoms with E-state index >= 15 is 0 Å². The Balaban J connectivity index is 1.90. The molecule has 3 N–H and O–H groups in total. The predicted molar refractivity (Wildman–Crippen MR) is 86.1 cm³/mol. The maximum absolute atomic E-state index is 11.4. The molecule has 3 nitrogen and oxygen atoms in total. The number of aryl methyl sites for hydroxylation is 1. The van der Waals surface area contributed by atoms with Gasteiger partial charge < -0.3 is 11.1 Å². The monoisotopic (exact) mass is 348 g/mol. The number of rotatable bonds is 2. The Morgan fingerprint density at radius 3 is 2.65 bits per heavy atom. The minimum Gasteiger partial charge on any atom is -0.398 e. The SMILES string of the molecule is Nc1cc2c(cc1Sc1ccc(Br)cc1)CCC(=O)N2. The third kappa shape index (κ3) is 2.83. The van der Waals surface area contributed by atoms with Gasteiger partial charge in [-0.15, -0.1) is 0 Å². The Labute approximate surface area is 130 Å². The van der Waals surface area contributed by atoms with Crippen molar-refractivity contribution < 1.29 is 4.79 Å². The number of carbonyl (C=O) groups excluding carboxylic acids is 1. The number of benzene rings is 2. The molecule has 102 valence electrons. The van der Waals surface area contributed by atoms with Crippen LogP contribution in [0, 0.1) is 0 Å². The van der Waals surface area contributed by atoms with E-state index in [2.05, 4.69) is 39.4 Å². The molecule has 0 spiro atoms. The van der Waals surface area contributed by atoms with Gasteiger partial charge in [-0.1, -0.05) is 27.7 Å². The summed E-state index contributed by atoms with van der Waals surface area (Å²) in [6, 6.07) is 12.1. The molecule has 0 saturated carbocycles. The summed E-state index contributed by atoms with van der Waals surface area (Å²) in [4.78, 5) is 13.6. The predicted octanol–water partition coefficient (Wildman–Crippen LogP) is 4.07. The lowest BCUT2D eigenvalue weighted by Gasteiger charge is -2.19. The van der Waals surface area contributed by atoms with Gasteiger partial charge in [-0.3, -0.25) is 4.79 Å². The average molecular weight is 349 g/mol. The number of nitrogens with one attached hydrogen (secondary N) is 1. The molecular formula is C15H13BrN2OS. The zero-order chi connectivity index (χ0) is 14.1. The van der Waals surface area contributed by atoms with E-state index in [4.69, 9.17) is 5.73 Å². The third-order valence-electron chi connectivity index (χ3n) is 3.17. The molecule has 3 rings (SSSR count). The van der Waals surface area contributed by atoms with Crippen LogP contribution in [0.5, 0.6) is 0 Å². The van der Waals surface area contributed by atoms with E-state index < -0.39 is 0 Å². The Kier molecular flexibility index (Phi) is 3.72. The maximum Gasteiger partial charge on any atom is 0.224 e. The van der Waals surface area contributed by atoms with Crippen molar-refractivity contribution in [1.29, 1.82) is 0 Å². The van der Waals surface area contributed by atoms with Gasteiger partial charge in [0, 0.05) is 32.1 Å². The summed E-state index contributed by atoms with van der Waals surface area (Å²) in [6.07, 6.45) is 1.31. The number of nitrogen functional groups attached to an aromatic ring is 1. The van der Waals surface area contributed by atoms with E-state index in [1.54, 1.807) is 11.8 Å². The molecule has 0 radical (unpaired) electrons. The number of nitrogens with two attached hydrogens (primary N) is 1. The molecule has 0 atom stereocenters. The summed E-state index contributed by atoms with van der Waals surface area (Å²) >= 11 is 5.06. The molecule has 1 amide bonds. The van der Waals surface area contributed by atoms with Gasteiger partial charge in [-0.2, -0.15) is 0 Å². The second-order valence-electron chi connectivity index (χ2n) is 4.65. The van der Waals surface area contributed by atoms with Crippen LogP contribution in [0.1, 0.15) is 12.0 Å². The number of hydrogen-bond donors (Lipinski definition) is 2. The zero-order valence-corrected chi connectivity index (χ0v) is 13.1. The Bertz CT molecular complexity index is 670. The highest BCUT2D eigenvalue weighted by Crippen LogP contribution is 2.37. The summed E-state index contributed by atoms with van der Waals surface area (Å²) < 4.78 is 1.06. The van der Waals surface area contributed by atoms with Crippen LogP contribution in [-0.4, -0.2) is 5.91 Å². The van der Waals surface area contributed by atoms with Crippen LogP contribution in [0.25, 0.3) is 0 Å². The molecule has 0 saturated heterocycles. The van der Waals surface area contributed by atoms with Gasteiger partial charge in [-0.25, -0.2) is 0 Å². The summed E-state index contributed by atoms with van der Waals surface area (Å²) in [5.74, 6) is 0.0604. The highest BCUT2D eigenvalue weighted by molar-refractivity contribution is 9.10. The minimum absolute atomic E-state index is 0.0604. The van der Waals surface area contributed by atoms with Crippen LogP contribution in [0.4, 0.5) is 11.4 Å². The van der Waals surface area contributed by atoms with Gasteiger partial charge in [0.1, 0.15) is 0 Å². The van der Waals surface area contributed by atoms with E-state index in [0.29, 0.717) is 12.1 Å². The number of fused-ring (bicyclic) bond motifs is 1. The van der Waals surface area contributed by atoms with Gasteiger partial charge in [0.05, 0.1) is 0 Å². The van der Waals surface area contributed by atoms with Gasteiger partial charge in [-0.05, 0) is 48.4 Å². The lowest BCUT2D eigenvalue weighted by atomic mass is 10.0. The molecule has 0 aliphatic carbocycles. The second kappa shape index (κ2) is 5.50. The van der Waals surface area contributed by atoms with Gasteiger partial charge in [0.15, 0.2) is 0 Å². The number of carbonyl (C=O) groups is 1. The normalized spacial score (nSPS) is 13.8. The van der Waals surface area contributed by atoms with Crippen LogP contribution in [-0.2, 0) is 11.2 Å². The topological polar surface area (TPSA) is 55.1 Å². The lowest BCUT2D eigenvalue weighted by Crippen LogP contribution is -2.19. The standard InChI is InChI=1S/C15H13BrN2OS/c16-10-2-4-11(5-3-10)20-14-7-9-1-6-15(19)18-13(9)8-12(14)17/h2-5,7-8H,1,6,17H2,(H,18,19). The summed E-state index contributed by atoms with van der Waals surface area (Å²) in [7, 11) is 0. The van der Waals surface area contributed by atoms with Crippen molar-refractivity contribution in [2.24, 2.45) is 0 Å². The molecule has 5 heteroatoms. The molecule has 1 aliphatic heterocycles. The summed E-state index contributed by atoms with van der Waals surface area (Å²) in [6.45, 7) is 0. The number of amides is 1. The third-order valence-corrected chi connectivity index (χ3v) is 4.78. The Hall–Kier alpha value is -1.46. The van der Waals surface area contributed by atoms with Crippen molar-refractivity contribution in [3.63, 3.8) is 0 Å². The van der Waals surface area contributed by atoms with Gasteiger partial charge in [0.25, 0.3) is 0 Å². The highest BCUT2D eigenvalue weighted by Gasteiger charge is 2.17. The molecule has 2 aromatic carbocycles. The first-order valence-electron chi connectivity index (χ1n) is 6.27. The van der Waals surface area contributed by atoms with Crippen molar-refractivity contribution in [2.75, 3.05) is 11.1 Å². The van der Waals surface area contributed by atoms with Crippen molar-refractivity contribution in [1.82, 2.24) is 0 Å². The molecule has 20 heavy (non-hydrogen) atoms. The number of hydrogen-bond acceptors (Lipinski definition) is 3. The van der Waals surface area contributed by atoms with Crippen LogP contribution >= 0.6 is 27.7 Å². The van der Waals surface area contributed by atoms with Gasteiger partial charge in [0.2, 0.25) is 5.91 Å². The summed E-state index contributed by atoms with van der Waals surface area (Å²) in [5, 5.41) is 2.86. The molecule has 0 fully saturated rings.